The molecule has 2 atom stereocenters. The first-order valence-corrected chi connectivity index (χ1v) is 7.48. The molecule has 3 aromatic rings. The van der Waals surface area contributed by atoms with E-state index in [4.69, 9.17) is 16.2 Å². The van der Waals surface area contributed by atoms with Crippen LogP contribution in [0.2, 0.25) is 0 Å². The molecule has 0 bridgehead atoms. The third-order valence-electron chi connectivity index (χ3n) is 4.32. The second kappa shape index (κ2) is 5.36. The van der Waals surface area contributed by atoms with Crippen molar-refractivity contribution in [3.8, 4) is 17.0 Å². The highest BCUT2D eigenvalue weighted by Gasteiger charge is 2.47. The van der Waals surface area contributed by atoms with Crippen LogP contribution >= 0.6 is 0 Å². The van der Waals surface area contributed by atoms with Gasteiger partial charge in [0.05, 0.1) is 0 Å². The molecule has 0 saturated heterocycles. The topological polar surface area (TPSA) is 87.0 Å². The fourth-order valence-corrected chi connectivity index (χ4v) is 3.03. The summed E-state index contributed by atoms with van der Waals surface area (Å²) < 4.78 is 19.1. The second-order valence-electron chi connectivity index (χ2n) is 5.69. The van der Waals surface area contributed by atoms with Crippen LogP contribution in [-0.4, -0.2) is 16.2 Å². The Bertz CT molecular complexity index is 885. The van der Waals surface area contributed by atoms with Gasteiger partial charge in [0.15, 0.2) is 12.0 Å². The molecule has 1 aliphatic rings. The zero-order valence-corrected chi connectivity index (χ0v) is 12.7. The first-order chi connectivity index (χ1) is 11.6. The third kappa shape index (κ3) is 2.08. The largest absolute Gasteiger partial charge is 0.470 e. The number of hydrogen-bond donors (Lipinski definition) is 2. The van der Waals surface area contributed by atoms with Crippen LogP contribution < -0.4 is 16.2 Å². The zero-order chi connectivity index (χ0) is 16.7. The quantitative estimate of drug-likeness (QED) is 0.755. The van der Waals surface area contributed by atoms with Gasteiger partial charge in [-0.15, -0.1) is 0 Å². The summed E-state index contributed by atoms with van der Waals surface area (Å²) in [5, 5.41) is 0. The minimum atomic E-state index is -1.08. The maximum absolute atomic E-state index is 13.3. The molecule has 0 aliphatic carbocycles. The Kier molecular flexibility index (Phi) is 3.30. The Morgan fingerprint density at radius 3 is 2.42 bits per heavy atom. The monoisotopic (exact) mass is 322 g/mol. The highest BCUT2D eigenvalue weighted by atomic mass is 19.1. The van der Waals surface area contributed by atoms with E-state index in [2.05, 4.69) is 9.97 Å². The Balaban J connectivity index is 1.90. The van der Waals surface area contributed by atoms with Crippen LogP contribution in [0.5, 0.6) is 5.75 Å². The van der Waals surface area contributed by atoms with Crippen LogP contribution in [0.1, 0.15) is 11.1 Å². The normalized spacial score (nSPS) is 22.0. The van der Waals surface area contributed by atoms with Gasteiger partial charge in [-0.05, 0) is 35.9 Å². The van der Waals surface area contributed by atoms with Gasteiger partial charge in [-0.1, -0.05) is 12.1 Å². The highest BCUT2D eigenvalue weighted by Crippen LogP contribution is 2.46. The summed E-state index contributed by atoms with van der Waals surface area (Å²) >= 11 is 0. The molecule has 120 valence electrons. The van der Waals surface area contributed by atoms with Gasteiger partial charge in [0, 0.05) is 29.7 Å². The number of pyridine rings is 2. The number of aromatic nitrogens is 2. The van der Waals surface area contributed by atoms with Crippen LogP contribution in [0.15, 0.2) is 61.1 Å². The van der Waals surface area contributed by atoms with E-state index in [0.29, 0.717) is 17.0 Å². The van der Waals surface area contributed by atoms with E-state index in [1.54, 1.807) is 36.8 Å². The SMILES string of the molecule is NC1Oc2c(ccnc2-c2ccncc2)C1(N)c1ccc(F)cc1. The molecule has 3 heterocycles. The molecule has 24 heavy (non-hydrogen) atoms. The average molecular weight is 322 g/mol. The zero-order valence-electron chi connectivity index (χ0n) is 12.7. The number of fused-ring (bicyclic) bond motifs is 1. The van der Waals surface area contributed by atoms with Gasteiger partial charge in [0.2, 0.25) is 0 Å². The summed E-state index contributed by atoms with van der Waals surface area (Å²) in [5.41, 5.74) is 14.7. The van der Waals surface area contributed by atoms with Gasteiger partial charge in [-0.2, -0.15) is 0 Å². The Morgan fingerprint density at radius 1 is 1.00 bits per heavy atom. The van der Waals surface area contributed by atoms with Gasteiger partial charge >= 0.3 is 0 Å². The molecule has 4 N–H and O–H groups in total. The summed E-state index contributed by atoms with van der Waals surface area (Å²) in [6, 6.07) is 11.4. The summed E-state index contributed by atoms with van der Waals surface area (Å²) in [7, 11) is 0. The van der Waals surface area contributed by atoms with Crippen molar-refractivity contribution in [3.05, 3.63) is 78.0 Å². The smallest absolute Gasteiger partial charge is 0.174 e. The van der Waals surface area contributed by atoms with E-state index >= 15 is 0 Å². The van der Waals surface area contributed by atoms with Crippen molar-refractivity contribution < 1.29 is 9.13 Å². The van der Waals surface area contributed by atoms with E-state index in [9.17, 15) is 4.39 Å². The summed E-state index contributed by atoms with van der Waals surface area (Å²) in [5.74, 6) is 0.213. The molecule has 0 amide bonds. The van der Waals surface area contributed by atoms with Gasteiger partial charge in [0.25, 0.3) is 0 Å². The second-order valence-corrected chi connectivity index (χ2v) is 5.69. The molecule has 4 rings (SSSR count). The van der Waals surface area contributed by atoms with Gasteiger partial charge < -0.3 is 10.5 Å². The number of ether oxygens (including phenoxy) is 1. The number of halogens is 1. The van der Waals surface area contributed by atoms with E-state index in [0.717, 1.165) is 11.1 Å². The molecule has 5 nitrogen and oxygen atoms in total. The van der Waals surface area contributed by atoms with Crippen molar-refractivity contribution in [1.82, 2.24) is 9.97 Å². The fraction of sp³-hybridized carbons (Fsp3) is 0.111. The van der Waals surface area contributed by atoms with Crippen LogP contribution in [0.25, 0.3) is 11.3 Å². The van der Waals surface area contributed by atoms with E-state index in [1.165, 1.54) is 12.1 Å². The van der Waals surface area contributed by atoms with E-state index < -0.39 is 11.8 Å². The van der Waals surface area contributed by atoms with E-state index in [-0.39, 0.29) is 5.82 Å². The minimum Gasteiger partial charge on any atom is -0.470 e. The van der Waals surface area contributed by atoms with Crippen molar-refractivity contribution in [2.45, 2.75) is 11.8 Å². The average Bonchev–Trinajstić information content (AvgIpc) is 2.88. The molecule has 1 aromatic carbocycles. The van der Waals surface area contributed by atoms with Crippen LogP contribution in [0, 0.1) is 5.82 Å². The molecular weight excluding hydrogens is 307 g/mol. The van der Waals surface area contributed by atoms with Crippen molar-refractivity contribution in [1.29, 1.82) is 0 Å². The van der Waals surface area contributed by atoms with Crippen LogP contribution in [0.3, 0.4) is 0 Å². The Hall–Kier alpha value is -2.83. The predicted octanol–water partition coefficient (Wildman–Crippen LogP) is 2.16. The van der Waals surface area contributed by atoms with Crippen LogP contribution in [0.4, 0.5) is 4.39 Å². The number of rotatable bonds is 2. The molecular formula is C18H15FN4O. The number of nitrogens with zero attached hydrogens (tertiary/aromatic N) is 2. The lowest BCUT2D eigenvalue weighted by Crippen LogP contribution is -2.52. The summed E-state index contributed by atoms with van der Waals surface area (Å²) in [6.45, 7) is 0. The lowest BCUT2D eigenvalue weighted by atomic mass is 9.83. The fourth-order valence-electron chi connectivity index (χ4n) is 3.03. The lowest BCUT2D eigenvalue weighted by Gasteiger charge is -2.28. The number of benzene rings is 1. The summed E-state index contributed by atoms with van der Waals surface area (Å²) in [4.78, 5) is 8.41. The number of nitrogens with two attached hydrogens (primary N) is 2. The highest BCUT2D eigenvalue weighted by molar-refractivity contribution is 5.70. The van der Waals surface area contributed by atoms with Crippen LogP contribution in [-0.2, 0) is 5.54 Å². The van der Waals surface area contributed by atoms with Crippen molar-refractivity contribution in [2.75, 3.05) is 0 Å². The molecule has 6 heteroatoms. The van der Waals surface area contributed by atoms with Gasteiger partial charge in [-0.25, -0.2) is 4.39 Å². The minimum absolute atomic E-state index is 0.331. The maximum Gasteiger partial charge on any atom is 0.174 e. The molecule has 0 saturated carbocycles. The third-order valence-corrected chi connectivity index (χ3v) is 4.32. The molecule has 0 spiro atoms. The first kappa shape index (κ1) is 14.7. The first-order valence-electron chi connectivity index (χ1n) is 7.48. The van der Waals surface area contributed by atoms with Gasteiger partial charge in [-0.3, -0.25) is 15.7 Å². The molecule has 2 unspecified atom stereocenters. The molecule has 0 radical (unpaired) electrons. The summed E-state index contributed by atoms with van der Waals surface area (Å²) in [6.07, 6.45) is 4.23. The predicted molar refractivity (Wildman–Crippen MR) is 87.4 cm³/mol. The molecule has 2 aromatic heterocycles. The van der Waals surface area contributed by atoms with E-state index in [1.807, 2.05) is 12.1 Å². The maximum atomic E-state index is 13.3. The number of hydrogen-bond acceptors (Lipinski definition) is 5. The lowest BCUT2D eigenvalue weighted by molar-refractivity contribution is 0.178. The van der Waals surface area contributed by atoms with Crippen molar-refractivity contribution in [3.63, 3.8) is 0 Å². The Labute approximate surface area is 138 Å². The molecule has 0 fully saturated rings. The van der Waals surface area contributed by atoms with Crippen molar-refractivity contribution in [2.24, 2.45) is 11.5 Å². The van der Waals surface area contributed by atoms with Gasteiger partial charge in [0.1, 0.15) is 17.1 Å². The Morgan fingerprint density at radius 2 is 1.71 bits per heavy atom. The standard InChI is InChI=1S/C18H15FN4O/c19-13-3-1-12(2-4-13)18(21)14-7-10-23-15(16(14)24-17(18)20)11-5-8-22-9-6-11/h1-10,17H,20-21H2. The van der Waals surface area contributed by atoms with Crippen molar-refractivity contribution >= 4 is 0 Å². The molecule has 1 aliphatic heterocycles.